The lowest BCUT2D eigenvalue weighted by molar-refractivity contribution is 0.0526. The van der Waals surface area contributed by atoms with E-state index in [0.29, 0.717) is 48.9 Å². The number of nitrogens with zero attached hydrogens (tertiary/aromatic N) is 2. The van der Waals surface area contributed by atoms with E-state index in [1.54, 1.807) is 33.6 Å². The first-order chi connectivity index (χ1) is 16.9. The second-order valence-electron chi connectivity index (χ2n) is 7.63. The molecule has 0 aliphatic rings. The van der Waals surface area contributed by atoms with Gasteiger partial charge in [0.05, 0.1) is 44.4 Å². The van der Waals surface area contributed by atoms with Crippen LogP contribution in [0.4, 0.5) is 0 Å². The minimum atomic E-state index is -0.457. The highest BCUT2D eigenvalue weighted by Gasteiger charge is 2.21. The highest BCUT2D eigenvalue weighted by Crippen LogP contribution is 2.30. The molecule has 0 saturated carbocycles. The van der Waals surface area contributed by atoms with Crippen molar-refractivity contribution in [2.45, 2.75) is 26.8 Å². The van der Waals surface area contributed by atoms with E-state index in [-0.39, 0.29) is 17.5 Å². The summed E-state index contributed by atoms with van der Waals surface area (Å²) >= 11 is 1.22. The average molecular weight is 502 g/mol. The summed E-state index contributed by atoms with van der Waals surface area (Å²) in [6, 6.07) is 7.62. The fourth-order valence-corrected chi connectivity index (χ4v) is 4.40. The van der Waals surface area contributed by atoms with Crippen molar-refractivity contribution in [3.8, 4) is 22.9 Å². The number of rotatable bonds is 12. The number of aryl methyl sites for hydroxylation is 1. The molecule has 0 radical (unpaired) electrons. The summed E-state index contributed by atoms with van der Waals surface area (Å²) in [6.07, 6.45) is 0.683. The first-order valence-electron chi connectivity index (χ1n) is 11.2. The van der Waals surface area contributed by atoms with Crippen LogP contribution >= 0.6 is 11.3 Å². The smallest absolute Gasteiger partial charge is 0.367 e. The van der Waals surface area contributed by atoms with Crippen LogP contribution in [0.25, 0.3) is 11.4 Å². The second kappa shape index (κ2) is 12.4. The number of carbonyl (C=O) groups excluding carboxylic acids is 2. The summed E-state index contributed by atoms with van der Waals surface area (Å²) in [5.41, 5.74) is 3.78. The van der Waals surface area contributed by atoms with E-state index in [9.17, 15) is 9.59 Å². The Labute approximate surface area is 209 Å². The number of ether oxygens (including phenoxy) is 4. The number of hydrogen-bond donors (Lipinski definition) is 1. The molecule has 0 atom stereocenters. The second-order valence-corrected chi connectivity index (χ2v) is 8.48. The molecular weight excluding hydrogens is 470 g/mol. The first kappa shape index (κ1) is 26.2. The van der Waals surface area contributed by atoms with Crippen molar-refractivity contribution in [2.75, 3.05) is 41.1 Å². The molecule has 1 N–H and O–H groups in total. The van der Waals surface area contributed by atoms with E-state index in [2.05, 4.69) is 10.3 Å². The van der Waals surface area contributed by atoms with Gasteiger partial charge in [0.2, 0.25) is 5.01 Å². The van der Waals surface area contributed by atoms with E-state index >= 15 is 0 Å². The molecule has 35 heavy (non-hydrogen) atoms. The molecule has 2 heterocycles. The lowest BCUT2D eigenvalue weighted by Crippen LogP contribution is -2.27. The van der Waals surface area contributed by atoms with E-state index in [1.165, 1.54) is 11.3 Å². The van der Waals surface area contributed by atoms with Crippen LogP contribution in [-0.2, 0) is 22.4 Å². The Kier molecular flexibility index (Phi) is 9.27. The van der Waals surface area contributed by atoms with Crippen molar-refractivity contribution >= 4 is 23.2 Å². The maximum atomic E-state index is 12.9. The van der Waals surface area contributed by atoms with Gasteiger partial charge in [-0.05, 0) is 44.0 Å². The zero-order valence-corrected chi connectivity index (χ0v) is 21.5. The van der Waals surface area contributed by atoms with Gasteiger partial charge >= 0.3 is 5.97 Å². The molecule has 0 aliphatic carbocycles. The van der Waals surface area contributed by atoms with E-state index in [0.717, 1.165) is 17.0 Å². The third-order valence-electron chi connectivity index (χ3n) is 5.49. The SMILES string of the molecule is CCOC(=O)c1nc(-c2cc(C(=O)NCCOC)c(C)n2CCc2ccc(OC)c(OC)c2)cs1. The number of benzene rings is 1. The number of carbonyl (C=O) groups is 2. The lowest BCUT2D eigenvalue weighted by atomic mass is 10.1. The highest BCUT2D eigenvalue weighted by molar-refractivity contribution is 7.11. The maximum absolute atomic E-state index is 12.9. The van der Waals surface area contributed by atoms with Crippen molar-refractivity contribution in [2.24, 2.45) is 0 Å². The predicted octanol–water partition coefficient (Wildman–Crippen LogP) is 3.73. The van der Waals surface area contributed by atoms with Crippen LogP contribution in [0, 0.1) is 6.92 Å². The molecule has 1 aromatic carbocycles. The fourth-order valence-electron chi connectivity index (χ4n) is 3.69. The molecule has 2 aromatic heterocycles. The van der Waals surface area contributed by atoms with Crippen molar-refractivity contribution in [3.63, 3.8) is 0 Å². The van der Waals surface area contributed by atoms with Crippen LogP contribution in [0.3, 0.4) is 0 Å². The number of thiazole rings is 1. The van der Waals surface area contributed by atoms with Crippen molar-refractivity contribution < 1.29 is 28.5 Å². The van der Waals surface area contributed by atoms with Gasteiger partial charge in [-0.3, -0.25) is 4.79 Å². The van der Waals surface area contributed by atoms with Crippen LogP contribution < -0.4 is 14.8 Å². The molecule has 0 bridgehead atoms. The minimum Gasteiger partial charge on any atom is -0.493 e. The molecule has 9 nitrogen and oxygen atoms in total. The van der Waals surface area contributed by atoms with Crippen LogP contribution in [0.1, 0.15) is 38.3 Å². The lowest BCUT2D eigenvalue weighted by Gasteiger charge is -2.13. The third-order valence-corrected chi connectivity index (χ3v) is 6.31. The number of nitrogens with one attached hydrogen (secondary N) is 1. The number of esters is 1. The Balaban J connectivity index is 1.93. The first-order valence-corrected chi connectivity index (χ1v) is 12.1. The van der Waals surface area contributed by atoms with Gasteiger partial charge in [-0.1, -0.05) is 6.07 Å². The molecular formula is C25H31N3O6S. The van der Waals surface area contributed by atoms with Gasteiger partial charge in [0.1, 0.15) is 0 Å². The van der Waals surface area contributed by atoms with Crippen LogP contribution in [0.5, 0.6) is 11.5 Å². The van der Waals surface area contributed by atoms with Gasteiger partial charge in [0, 0.05) is 31.3 Å². The van der Waals surface area contributed by atoms with Gasteiger partial charge in [-0.15, -0.1) is 11.3 Å². The number of aromatic nitrogens is 2. The number of methoxy groups -OCH3 is 3. The molecule has 0 spiro atoms. The van der Waals surface area contributed by atoms with E-state index in [1.807, 2.05) is 35.8 Å². The minimum absolute atomic E-state index is 0.188. The maximum Gasteiger partial charge on any atom is 0.367 e. The molecule has 0 fully saturated rings. The summed E-state index contributed by atoms with van der Waals surface area (Å²) < 4.78 is 22.9. The van der Waals surface area contributed by atoms with Gasteiger partial charge in [0.15, 0.2) is 11.5 Å². The van der Waals surface area contributed by atoms with Gasteiger partial charge in [0.25, 0.3) is 5.91 Å². The van der Waals surface area contributed by atoms with E-state index < -0.39 is 5.97 Å². The van der Waals surface area contributed by atoms with Gasteiger partial charge in [-0.25, -0.2) is 9.78 Å². The normalized spacial score (nSPS) is 10.8. The summed E-state index contributed by atoms with van der Waals surface area (Å²) in [5, 5.41) is 4.96. The molecule has 10 heteroatoms. The molecule has 0 aliphatic heterocycles. The Hall–Kier alpha value is -3.37. The van der Waals surface area contributed by atoms with Crippen molar-refractivity contribution in [3.05, 3.63) is 51.5 Å². The zero-order chi connectivity index (χ0) is 25.4. The predicted molar refractivity (Wildman–Crippen MR) is 134 cm³/mol. The average Bonchev–Trinajstić information content (AvgIpc) is 3.47. The quantitative estimate of drug-likeness (QED) is 0.298. The molecule has 188 valence electrons. The van der Waals surface area contributed by atoms with Crippen molar-refractivity contribution in [1.82, 2.24) is 14.9 Å². The van der Waals surface area contributed by atoms with Crippen LogP contribution in [0.2, 0.25) is 0 Å². The largest absolute Gasteiger partial charge is 0.493 e. The molecule has 3 rings (SSSR count). The Morgan fingerprint density at radius 1 is 1.11 bits per heavy atom. The molecule has 0 unspecified atom stereocenters. The summed E-state index contributed by atoms with van der Waals surface area (Å²) in [4.78, 5) is 29.5. The number of amides is 1. The Morgan fingerprint density at radius 3 is 2.57 bits per heavy atom. The highest BCUT2D eigenvalue weighted by atomic mass is 32.1. The molecule has 0 saturated heterocycles. The topological polar surface area (TPSA) is 101 Å². The zero-order valence-electron chi connectivity index (χ0n) is 20.7. The van der Waals surface area contributed by atoms with Crippen LogP contribution in [-0.4, -0.2) is 62.5 Å². The number of hydrogen-bond acceptors (Lipinski definition) is 8. The van der Waals surface area contributed by atoms with Crippen molar-refractivity contribution in [1.29, 1.82) is 0 Å². The summed E-state index contributed by atoms with van der Waals surface area (Å²) in [7, 11) is 4.79. The van der Waals surface area contributed by atoms with Crippen LogP contribution in [0.15, 0.2) is 29.6 Å². The standard InChI is InChI=1S/C25H31N3O6S/c1-6-34-25(30)24-27-19(15-35-24)20-14-18(23(29)26-10-12-31-3)16(2)28(20)11-9-17-7-8-21(32-4)22(13-17)33-5/h7-8,13-15H,6,9-12H2,1-5H3,(H,26,29). The van der Waals surface area contributed by atoms with Gasteiger partial charge in [-0.2, -0.15) is 0 Å². The van der Waals surface area contributed by atoms with E-state index in [4.69, 9.17) is 18.9 Å². The molecule has 1 amide bonds. The molecule has 3 aromatic rings. The summed E-state index contributed by atoms with van der Waals surface area (Å²) in [6.45, 7) is 5.36. The Morgan fingerprint density at radius 2 is 1.89 bits per heavy atom. The Bertz CT molecular complexity index is 1170. The fraction of sp³-hybridized carbons (Fsp3) is 0.400. The monoisotopic (exact) mass is 501 g/mol. The summed E-state index contributed by atoms with van der Waals surface area (Å²) in [5.74, 6) is 0.678. The van der Waals surface area contributed by atoms with Gasteiger partial charge < -0.3 is 28.8 Å². The third kappa shape index (κ3) is 6.20.